The molecule has 0 bridgehead atoms. The number of aliphatic carboxylic acids is 1. The minimum Gasteiger partial charge on any atom is -0.479 e. The van der Waals surface area contributed by atoms with Gasteiger partial charge in [0, 0.05) is 0 Å². The van der Waals surface area contributed by atoms with E-state index in [1.807, 2.05) is 0 Å². The van der Waals surface area contributed by atoms with E-state index in [-0.39, 0.29) is 5.11 Å². The number of aliphatic hydroxyl groups is 4. The lowest BCUT2D eigenvalue weighted by Gasteiger charge is -2.22. The van der Waals surface area contributed by atoms with E-state index in [1.54, 1.807) is 0 Å². The molecular weight excluding hydrogens is 254 g/mol. The Labute approximate surface area is 101 Å². The van der Waals surface area contributed by atoms with Gasteiger partial charge in [0.25, 0.3) is 0 Å². The molecule has 0 unspecified atom stereocenters. The second-order valence-corrected chi connectivity index (χ2v) is 3.45. The van der Waals surface area contributed by atoms with Gasteiger partial charge in [-0.1, -0.05) is 0 Å². The molecule has 17 heavy (non-hydrogen) atoms. The zero-order valence-corrected chi connectivity index (χ0v) is 9.28. The van der Waals surface area contributed by atoms with Gasteiger partial charge in [0.15, 0.2) is 11.2 Å². The number of nitrogens with two attached hydrogens (primary N) is 1. The number of hydrogen-bond donors (Lipinski definition) is 7. The highest BCUT2D eigenvalue weighted by molar-refractivity contribution is 7.80. The number of hydrazone groups is 1. The van der Waals surface area contributed by atoms with Crippen molar-refractivity contribution in [2.75, 3.05) is 0 Å². The first kappa shape index (κ1) is 15.7. The van der Waals surface area contributed by atoms with Gasteiger partial charge in [0.2, 0.25) is 0 Å². The Morgan fingerprint density at radius 1 is 1.29 bits per heavy atom. The van der Waals surface area contributed by atoms with E-state index in [2.05, 4.69) is 22.7 Å². The lowest BCUT2D eigenvalue weighted by atomic mass is 10.0. The number of rotatable bonds is 6. The molecule has 0 aliphatic carbocycles. The summed E-state index contributed by atoms with van der Waals surface area (Å²) in [7, 11) is 0. The van der Waals surface area contributed by atoms with E-state index in [0.29, 0.717) is 0 Å². The molecule has 98 valence electrons. The summed E-state index contributed by atoms with van der Waals surface area (Å²) in [6, 6.07) is 0. The van der Waals surface area contributed by atoms with E-state index in [9.17, 15) is 15.0 Å². The van der Waals surface area contributed by atoms with Crippen LogP contribution in [0.1, 0.15) is 0 Å². The van der Waals surface area contributed by atoms with Crippen molar-refractivity contribution in [2.24, 2.45) is 10.8 Å². The highest BCUT2D eigenvalue weighted by atomic mass is 32.1. The van der Waals surface area contributed by atoms with Crippen molar-refractivity contribution < 1.29 is 30.3 Å². The Hall–Kier alpha value is -1.33. The van der Waals surface area contributed by atoms with Crippen molar-refractivity contribution in [3.63, 3.8) is 0 Å². The molecule has 0 aliphatic rings. The number of aliphatic hydroxyl groups excluding tert-OH is 4. The van der Waals surface area contributed by atoms with Crippen LogP contribution in [0.5, 0.6) is 0 Å². The molecule has 0 aromatic carbocycles. The van der Waals surface area contributed by atoms with Gasteiger partial charge in [0.1, 0.15) is 18.3 Å². The smallest absolute Gasteiger partial charge is 0.335 e. The average Bonchev–Trinajstić information content (AvgIpc) is 2.25. The van der Waals surface area contributed by atoms with Gasteiger partial charge < -0.3 is 31.3 Å². The third-order valence-corrected chi connectivity index (χ3v) is 1.77. The van der Waals surface area contributed by atoms with Crippen LogP contribution in [0.3, 0.4) is 0 Å². The summed E-state index contributed by atoms with van der Waals surface area (Å²) in [5, 5.41) is 48.0. The fourth-order valence-corrected chi connectivity index (χ4v) is 0.853. The van der Waals surface area contributed by atoms with Crippen molar-refractivity contribution in [3.8, 4) is 0 Å². The molecule has 0 radical (unpaired) electrons. The third-order valence-electron chi connectivity index (χ3n) is 1.68. The predicted molar refractivity (Wildman–Crippen MR) is 60.1 cm³/mol. The molecule has 0 fully saturated rings. The molecule has 0 rings (SSSR count). The summed E-state index contributed by atoms with van der Waals surface area (Å²) in [6.45, 7) is 0. The lowest BCUT2D eigenvalue weighted by Crippen LogP contribution is -2.48. The fraction of sp³-hybridized carbons (Fsp3) is 0.571. The standard InChI is InChI=1S/C7H13N3O6S/c8-7(17)10-9-1-2(11)3(12)4(13)5(14)6(15)16/h1-5,11-14H,(H,15,16)(H3,8,10,17)/b9-1-/t2-,3+,4+,5+/m1/s1. The molecule has 0 spiro atoms. The highest BCUT2D eigenvalue weighted by Gasteiger charge is 2.33. The van der Waals surface area contributed by atoms with Crippen molar-refractivity contribution in [2.45, 2.75) is 24.4 Å². The van der Waals surface area contributed by atoms with Gasteiger partial charge in [-0.3, -0.25) is 5.43 Å². The molecule has 0 saturated carbocycles. The Bertz CT molecular complexity index is 312. The molecule has 4 atom stereocenters. The van der Waals surface area contributed by atoms with Gasteiger partial charge in [-0.25, -0.2) is 4.79 Å². The van der Waals surface area contributed by atoms with Crippen molar-refractivity contribution >= 4 is 29.5 Å². The van der Waals surface area contributed by atoms with Crippen molar-refractivity contribution in [1.29, 1.82) is 0 Å². The average molecular weight is 267 g/mol. The minimum absolute atomic E-state index is 0.186. The van der Waals surface area contributed by atoms with E-state index in [0.717, 1.165) is 6.21 Å². The van der Waals surface area contributed by atoms with E-state index in [4.69, 9.17) is 21.1 Å². The number of carboxylic acids is 1. The van der Waals surface area contributed by atoms with Crippen LogP contribution < -0.4 is 11.2 Å². The normalized spacial score (nSPS) is 18.4. The summed E-state index contributed by atoms with van der Waals surface area (Å²) >= 11 is 4.38. The summed E-state index contributed by atoms with van der Waals surface area (Å²) in [5.41, 5.74) is 7.07. The van der Waals surface area contributed by atoms with E-state index >= 15 is 0 Å². The number of carbonyl (C=O) groups is 1. The first-order valence-electron chi connectivity index (χ1n) is 4.31. The molecule has 8 N–H and O–H groups in total. The van der Waals surface area contributed by atoms with Gasteiger partial charge in [0.05, 0.1) is 6.21 Å². The van der Waals surface area contributed by atoms with Crippen LogP contribution in [0.15, 0.2) is 5.10 Å². The fourth-order valence-electron chi connectivity index (χ4n) is 0.800. The second kappa shape index (κ2) is 7.09. The van der Waals surface area contributed by atoms with Gasteiger partial charge in [-0.05, 0) is 12.2 Å². The van der Waals surface area contributed by atoms with Gasteiger partial charge >= 0.3 is 5.97 Å². The summed E-state index contributed by atoms with van der Waals surface area (Å²) in [6.07, 6.45) is -7.20. The third kappa shape index (κ3) is 5.51. The van der Waals surface area contributed by atoms with Crippen LogP contribution in [-0.4, -0.2) is 67.2 Å². The van der Waals surface area contributed by atoms with Crippen LogP contribution in [0.25, 0.3) is 0 Å². The second-order valence-electron chi connectivity index (χ2n) is 3.01. The summed E-state index contributed by atoms with van der Waals surface area (Å²) in [5.74, 6) is -1.73. The monoisotopic (exact) mass is 267 g/mol. The molecule has 0 heterocycles. The van der Waals surface area contributed by atoms with Crippen LogP contribution >= 0.6 is 12.2 Å². The van der Waals surface area contributed by atoms with Crippen LogP contribution in [0, 0.1) is 0 Å². The topological polar surface area (TPSA) is 169 Å². The molecule has 10 heteroatoms. The minimum atomic E-state index is -2.23. The van der Waals surface area contributed by atoms with Crippen molar-refractivity contribution in [3.05, 3.63) is 0 Å². The van der Waals surface area contributed by atoms with Gasteiger partial charge in [-0.15, -0.1) is 0 Å². The summed E-state index contributed by atoms with van der Waals surface area (Å²) < 4.78 is 0. The first-order chi connectivity index (χ1) is 7.77. The van der Waals surface area contributed by atoms with Gasteiger partial charge in [-0.2, -0.15) is 5.10 Å². The lowest BCUT2D eigenvalue weighted by molar-refractivity contribution is -0.160. The molecular formula is C7H13N3O6S. The van der Waals surface area contributed by atoms with Crippen LogP contribution in [0.2, 0.25) is 0 Å². The van der Waals surface area contributed by atoms with Crippen LogP contribution in [0.4, 0.5) is 0 Å². The number of carboxylic acid groups (broad SMARTS) is 1. The number of hydrogen-bond acceptors (Lipinski definition) is 7. The zero-order chi connectivity index (χ0) is 13.6. The summed E-state index contributed by atoms with van der Waals surface area (Å²) in [4.78, 5) is 10.3. The molecule has 0 aromatic rings. The number of nitrogens with one attached hydrogen (secondary N) is 1. The number of thiocarbonyl (C=S) groups is 1. The molecule has 0 saturated heterocycles. The molecule has 0 aromatic heterocycles. The maximum atomic E-state index is 10.3. The Morgan fingerprint density at radius 3 is 2.24 bits per heavy atom. The number of nitrogens with zero attached hydrogens (tertiary/aromatic N) is 1. The maximum absolute atomic E-state index is 10.3. The molecule has 9 nitrogen and oxygen atoms in total. The zero-order valence-electron chi connectivity index (χ0n) is 8.46. The highest BCUT2D eigenvalue weighted by Crippen LogP contribution is 2.04. The van der Waals surface area contributed by atoms with E-state index < -0.39 is 30.4 Å². The van der Waals surface area contributed by atoms with Crippen molar-refractivity contribution in [1.82, 2.24) is 5.43 Å². The largest absolute Gasteiger partial charge is 0.479 e. The molecule has 0 aliphatic heterocycles. The predicted octanol–water partition coefficient (Wildman–Crippen LogP) is -3.67. The Morgan fingerprint density at radius 2 is 1.82 bits per heavy atom. The Kier molecular flexibility index (Phi) is 6.53. The Balaban J connectivity index is 4.38. The SMILES string of the molecule is NC(=S)N/N=C\[C@@H](O)[C@H](O)[C@H](O)[C@H](O)C(=O)O. The van der Waals surface area contributed by atoms with Crippen LogP contribution in [-0.2, 0) is 4.79 Å². The molecule has 0 amide bonds. The maximum Gasteiger partial charge on any atom is 0.335 e. The quantitative estimate of drug-likeness (QED) is 0.146. The first-order valence-corrected chi connectivity index (χ1v) is 4.72. The van der Waals surface area contributed by atoms with E-state index in [1.165, 1.54) is 0 Å².